The van der Waals surface area contributed by atoms with E-state index in [9.17, 15) is 4.79 Å². The summed E-state index contributed by atoms with van der Waals surface area (Å²) in [5.41, 5.74) is 1.19. The van der Waals surface area contributed by atoms with Crippen LogP contribution in [0.25, 0.3) is 0 Å². The van der Waals surface area contributed by atoms with Gasteiger partial charge in [0.1, 0.15) is 0 Å². The number of piperidine rings is 1. The number of rotatable bonds is 4. The van der Waals surface area contributed by atoms with Crippen LogP contribution in [0.1, 0.15) is 37.7 Å². The number of hydrogen-bond donors (Lipinski definition) is 1. The molecule has 0 bridgehead atoms. The minimum absolute atomic E-state index is 0.255. The molecule has 0 aromatic carbocycles. The molecule has 4 nitrogen and oxygen atoms in total. The van der Waals surface area contributed by atoms with Crippen LogP contribution in [-0.2, 0) is 4.79 Å². The summed E-state index contributed by atoms with van der Waals surface area (Å²) in [7, 11) is 1.97. The SMILES string of the molecule is CN[C@@H]1CCCN(C(=O)C[C@@H](C)c2ccncc2)C1. The van der Waals surface area contributed by atoms with E-state index in [-0.39, 0.29) is 11.8 Å². The van der Waals surface area contributed by atoms with E-state index >= 15 is 0 Å². The van der Waals surface area contributed by atoms with Crippen molar-refractivity contribution in [1.82, 2.24) is 15.2 Å². The summed E-state index contributed by atoms with van der Waals surface area (Å²) in [4.78, 5) is 18.3. The summed E-state index contributed by atoms with van der Waals surface area (Å²) in [6.07, 6.45) is 6.42. The second-order valence-corrected chi connectivity index (χ2v) is 5.35. The van der Waals surface area contributed by atoms with Gasteiger partial charge in [-0.3, -0.25) is 9.78 Å². The molecule has 104 valence electrons. The highest BCUT2D eigenvalue weighted by molar-refractivity contribution is 5.77. The molecule has 2 atom stereocenters. The van der Waals surface area contributed by atoms with Crippen LogP contribution in [-0.4, -0.2) is 42.0 Å². The van der Waals surface area contributed by atoms with Gasteiger partial charge in [-0.05, 0) is 43.5 Å². The largest absolute Gasteiger partial charge is 0.341 e. The Hall–Kier alpha value is -1.42. The molecule has 4 heteroatoms. The van der Waals surface area contributed by atoms with Crippen LogP contribution in [0.15, 0.2) is 24.5 Å². The van der Waals surface area contributed by atoms with Crippen molar-refractivity contribution in [2.24, 2.45) is 0 Å². The number of carbonyl (C=O) groups excluding carboxylic acids is 1. The summed E-state index contributed by atoms with van der Waals surface area (Å²) in [5, 5.41) is 3.27. The first-order chi connectivity index (χ1) is 9.20. The number of amides is 1. The lowest BCUT2D eigenvalue weighted by Crippen LogP contribution is -2.47. The van der Waals surface area contributed by atoms with Gasteiger partial charge in [-0.2, -0.15) is 0 Å². The fourth-order valence-corrected chi connectivity index (χ4v) is 2.64. The summed E-state index contributed by atoms with van der Waals surface area (Å²) >= 11 is 0. The quantitative estimate of drug-likeness (QED) is 0.898. The Morgan fingerprint density at radius 3 is 2.95 bits per heavy atom. The molecule has 1 aromatic heterocycles. The molecule has 2 heterocycles. The zero-order valence-electron chi connectivity index (χ0n) is 11.8. The summed E-state index contributed by atoms with van der Waals surface area (Å²) in [6, 6.07) is 4.43. The van der Waals surface area contributed by atoms with Gasteiger partial charge in [0, 0.05) is 37.9 Å². The Bertz CT molecular complexity index is 407. The zero-order chi connectivity index (χ0) is 13.7. The van der Waals surface area contributed by atoms with Crippen LogP contribution in [0, 0.1) is 0 Å². The smallest absolute Gasteiger partial charge is 0.223 e. The highest BCUT2D eigenvalue weighted by Gasteiger charge is 2.23. The number of likely N-dealkylation sites (tertiary alicyclic amines) is 1. The number of hydrogen-bond acceptors (Lipinski definition) is 3. The van der Waals surface area contributed by atoms with E-state index in [1.165, 1.54) is 12.0 Å². The lowest BCUT2D eigenvalue weighted by molar-refractivity contribution is -0.132. The number of carbonyl (C=O) groups is 1. The van der Waals surface area contributed by atoms with Gasteiger partial charge in [-0.15, -0.1) is 0 Å². The van der Waals surface area contributed by atoms with E-state index < -0.39 is 0 Å². The normalized spacial score (nSPS) is 21.2. The molecule has 1 saturated heterocycles. The summed E-state index contributed by atoms with van der Waals surface area (Å²) < 4.78 is 0. The maximum Gasteiger partial charge on any atom is 0.223 e. The van der Waals surface area contributed by atoms with Crippen LogP contribution in [0.4, 0.5) is 0 Å². The van der Waals surface area contributed by atoms with Gasteiger partial charge in [-0.1, -0.05) is 6.92 Å². The second-order valence-electron chi connectivity index (χ2n) is 5.35. The molecular formula is C15H23N3O. The van der Waals surface area contributed by atoms with Crippen molar-refractivity contribution in [2.75, 3.05) is 20.1 Å². The van der Waals surface area contributed by atoms with Crippen LogP contribution in [0.5, 0.6) is 0 Å². The Kier molecular flexibility index (Phi) is 4.91. The van der Waals surface area contributed by atoms with Crippen molar-refractivity contribution in [1.29, 1.82) is 0 Å². The van der Waals surface area contributed by atoms with Crippen LogP contribution in [0.2, 0.25) is 0 Å². The standard InChI is InChI=1S/C15H23N3O/c1-12(13-5-7-17-8-6-13)10-15(19)18-9-3-4-14(11-18)16-2/h5-8,12,14,16H,3-4,9-11H2,1-2H3/t12-,14-/m1/s1. The molecule has 1 aromatic rings. The first-order valence-corrected chi connectivity index (χ1v) is 7.05. The molecule has 19 heavy (non-hydrogen) atoms. The van der Waals surface area contributed by atoms with Crippen molar-refractivity contribution >= 4 is 5.91 Å². The van der Waals surface area contributed by atoms with Gasteiger partial charge >= 0.3 is 0 Å². The molecular weight excluding hydrogens is 238 g/mol. The molecule has 2 rings (SSSR count). The number of aromatic nitrogens is 1. The van der Waals surface area contributed by atoms with Crippen molar-refractivity contribution in [3.05, 3.63) is 30.1 Å². The first kappa shape index (κ1) is 14.0. The third-order valence-corrected chi connectivity index (χ3v) is 3.94. The fraction of sp³-hybridized carbons (Fsp3) is 0.600. The van der Waals surface area contributed by atoms with Crippen molar-refractivity contribution in [3.8, 4) is 0 Å². The van der Waals surface area contributed by atoms with E-state index in [0.717, 1.165) is 19.5 Å². The Morgan fingerprint density at radius 2 is 2.26 bits per heavy atom. The number of pyridine rings is 1. The summed E-state index contributed by atoms with van der Waals surface area (Å²) in [5.74, 6) is 0.523. The topological polar surface area (TPSA) is 45.2 Å². The van der Waals surface area contributed by atoms with Crippen LogP contribution >= 0.6 is 0 Å². The third kappa shape index (κ3) is 3.77. The van der Waals surface area contributed by atoms with Gasteiger partial charge < -0.3 is 10.2 Å². The molecule has 1 amide bonds. The zero-order valence-corrected chi connectivity index (χ0v) is 11.8. The number of nitrogens with one attached hydrogen (secondary N) is 1. The molecule has 1 N–H and O–H groups in total. The molecule has 0 radical (unpaired) electrons. The monoisotopic (exact) mass is 261 g/mol. The third-order valence-electron chi connectivity index (χ3n) is 3.94. The first-order valence-electron chi connectivity index (χ1n) is 7.05. The molecule has 1 fully saturated rings. The van der Waals surface area contributed by atoms with E-state index in [0.29, 0.717) is 12.5 Å². The summed E-state index contributed by atoms with van der Waals surface area (Å²) in [6.45, 7) is 3.85. The molecule has 1 aliphatic rings. The maximum atomic E-state index is 12.3. The predicted molar refractivity (Wildman–Crippen MR) is 75.9 cm³/mol. The lowest BCUT2D eigenvalue weighted by atomic mass is 9.97. The van der Waals surface area contributed by atoms with Crippen LogP contribution in [0.3, 0.4) is 0 Å². The molecule has 0 aliphatic carbocycles. The molecule has 0 unspecified atom stereocenters. The number of likely N-dealkylation sites (N-methyl/N-ethyl adjacent to an activating group) is 1. The average molecular weight is 261 g/mol. The Balaban J connectivity index is 1.90. The number of nitrogens with zero attached hydrogens (tertiary/aromatic N) is 2. The van der Waals surface area contributed by atoms with E-state index in [4.69, 9.17) is 0 Å². The second kappa shape index (κ2) is 6.66. The Labute approximate surface area is 115 Å². The van der Waals surface area contributed by atoms with Crippen LogP contribution < -0.4 is 5.32 Å². The highest BCUT2D eigenvalue weighted by Crippen LogP contribution is 2.20. The fourth-order valence-electron chi connectivity index (χ4n) is 2.64. The van der Waals surface area contributed by atoms with E-state index in [2.05, 4.69) is 17.2 Å². The maximum absolute atomic E-state index is 12.3. The predicted octanol–water partition coefficient (Wildman–Crippen LogP) is 1.79. The van der Waals surface area contributed by atoms with Gasteiger partial charge in [-0.25, -0.2) is 0 Å². The van der Waals surface area contributed by atoms with E-state index in [1.807, 2.05) is 24.1 Å². The lowest BCUT2D eigenvalue weighted by Gasteiger charge is -2.33. The van der Waals surface area contributed by atoms with Crippen molar-refractivity contribution in [2.45, 2.75) is 38.1 Å². The highest BCUT2D eigenvalue weighted by atomic mass is 16.2. The molecule has 0 spiro atoms. The van der Waals surface area contributed by atoms with Gasteiger partial charge in [0.05, 0.1) is 0 Å². The van der Waals surface area contributed by atoms with E-state index in [1.54, 1.807) is 12.4 Å². The molecule has 1 aliphatic heterocycles. The van der Waals surface area contributed by atoms with Gasteiger partial charge in [0.25, 0.3) is 0 Å². The van der Waals surface area contributed by atoms with Crippen molar-refractivity contribution in [3.63, 3.8) is 0 Å². The minimum Gasteiger partial charge on any atom is -0.341 e. The van der Waals surface area contributed by atoms with Crippen molar-refractivity contribution < 1.29 is 4.79 Å². The molecule has 0 saturated carbocycles. The average Bonchev–Trinajstić information content (AvgIpc) is 2.48. The van der Waals surface area contributed by atoms with Gasteiger partial charge in [0.15, 0.2) is 0 Å². The Morgan fingerprint density at radius 1 is 1.53 bits per heavy atom. The van der Waals surface area contributed by atoms with Gasteiger partial charge in [0.2, 0.25) is 5.91 Å². The minimum atomic E-state index is 0.255.